The second-order valence-electron chi connectivity index (χ2n) is 7.22. The summed E-state index contributed by atoms with van der Waals surface area (Å²) in [6.07, 6.45) is 5.17. The van der Waals surface area contributed by atoms with Crippen molar-refractivity contribution < 1.29 is 9.90 Å². The van der Waals surface area contributed by atoms with E-state index in [1.54, 1.807) is 17.8 Å². The molecule has 6 heteroatoms. The number of nitrogens with zero attached hydrogens (tertiary/aromatic N) is 1. The number of aliphatic carboxylic acids is 1. The van der Waals surface area contributed by atoms with Gasteiger partial charge < -0.3 is 10.0 Å². The van der Waals surface area contributed by atoms with E-state index in [1.165, 1.54) is 6.08 Å². The van der Waals surface area contributed by atoms with E-state index < -0.39 is 5.97 Å². The molecule has 0 spiro atoms. The van der Waals surface area contributed by atoms with E-state index >= 15 is 0 Å². The average molecular weight is 500 g/mol. The predicted molar refractivity (Wildman–Crippen MR) is 143 cm³/mol. The lowest BCUT2D eigenvalue weighted by Gasteiger charge is -2.21. The molecule has 3 rings (SSSR count). The number of aryl methyl sites for hydroxylation is 1. The molecule has 0 radical (unpaired) electrons. The molecule has 0 amide bonds. The molecule has 0 saturated carbocycles. The number of likely N-dealkylation sites (N-methyl/N-ethyl adjacent to an activating group) is 1. The molecule has 0 heterocycles. The third-order valence-corrected chi connectivity index (χ3v) is 6.10. The van der Waals surface area contributed by atoms with Gasteiger partial charge in [0.25, 0.3) is 0 Å². The first-order valence-electron chi connectivity index (χ1n) is 10.2. The van der Waals surface area contributed by atoms with Crippen LogP contribution in [0.5, 0.6) is 0 Å². The van der Waals surface area contributed by atoms with Gasteiger partial charge in [0.15, 0.2) is 0 Å². The lowest BCUT2D eigenvalue weighted by atomic mass is 10.1. The van der Waals surface area contributed by atoms with Crippen LogP contribution in [0.1, 0.15) is 16.7 Å². The summed E-state index contributed by atoms with van der Waals surface area (Å²) in [5.74, 6) is -0.949. The van der Waals surface area contributed by atoms with E-state index in [0.29, 0.717) is 17.3 Å². The largest absolute Gasteiger partial charge is 0.478 e. The lowest BCUT2D eigenvalue weighted by Crippen LogP contribution is -2.17. The molecule has 0 bridgehead atoms. The second-order valence-corrected chi connectivity index (χ2v) is 8.91. The van der Waals surface area contributed by atoms with Gasteiger partial charge in [0.1, 0.15) is 0 Å². The quantitative estimate of drug-likeness (QED) is 0.266. The van der Waals surface area contributed by atoms with Crippen molar-refractivity contribution in [3.63, 3.8) is 0 Å². The van der Waals surface area contributed by atoms with Crippen molar-refractivity contribution in [2.45, 2.75) is 13.5 Å². The normalized spacial score (nSPS) is 11.4. The minimum atomic E-state index is -0.949. The minimum absolute atomic E-state index is 0.646. The molecule has 0 aliphatic heterocycles. The molecule has 0 aromatic heterocycles. The van der Waals surface area contributed by atoms with Gasteiger partial charge in [-0.05, 0) is 48.1 Å². The fraction of sp³-hybridized carbons (Fsp3) is 0.148. The molecule has 0 fully saturated rings. The van der Waals surface area contributed by atoms with E-state index in [4.69, 9.17) is 23.2 Å². The van der Waals surface area contributed by atoms with Crippen LogP contribution in [0, 0.1) is 6.92 Å². The van der Waals surface area contributed by atoms with Crippen molar-refractivity contribution in [3.05, 3.63) is 123 Å². The van der Waals surface area contributed by atoms with Crippen LogP contribution in [0.15, 0.2) is 96.7 Å². The predicted octanol–water partition coefficient (Wildman–Crippen LogP) is 7.79. The molecule has 1 N–H and O–H groups in total. The number of benzene rings is 3. The number of carboxylic acid groups (broad SMARTS) is 1. The summed E-state index contributed by atoms with van der Waals surface area (Å²) >= 11 is 13.0. The van der Waals surface area contributed by atoms with Gasteiger partial charge in [-0.25, -0.2) is 4.79 Å². The Balaban J connectivity index is 0.000000357. The molecule has 3 aromatic carbocycles. The fourth-order valence-corrected chi connectivity index (χ4v) is 3.92. The zero-order valence-corrected chi connectivity index (χ0v) is 21.2. The molecule has 0 saturated heterocycles. The van der Waals surface area contributed by atoms with E-state index in [0.717, 1.165) is 26.6 Å². The van der Waals surface area contributed by atoms with Crippen molar-refractivity contribution in [3.8, 4) is 0 Å². The van der Waals surface area contributed by atoms with Crippen molar-refractivity contribution in [2.24, 2.45) is 0 Å². The molecule has 3 aromatic rings. The van der Waals surface area contributed by atoms with Crippen LogP contribution in [-0.4, -0.2) is 29.3 Å². The van der Waals surface area contributed by atoms with Crippen molar-refractivity contribution >= 4 is 45.8 Å². The Morgan fingerprint density at radius 1 is 0.970 bits per heavy atom. The van der Waals surface area contributed by atoms with E-state index in [9.17, 15) is 9.90 Å². The summed E-state index contributed by atoms with van der Waals surface area (Å²) in [4.78, 5) is 14.2. The third kappa shape index (κ3) is 9.39. The highest BCUT2D eigenvalue weighted by atomic mass is 35.5. The standard InChI is InChI=1S/C20H21NO2S.C7H6Cl2/c1-21(15-16-9-5-3-6-10-16)18(14-20(22)23)13-19(24-2)17-11-7-4-8-12-17;1-5-2-3-6(8)4-7(5)9/h3-14H,15H2,1-2H3,(H,22,23);2-4H,1H3/b18-14-,19-13-;. The van der Waals surface area contributed by atoms with E-state index in [-0.39, 0.29) is 0 Å². The topological polar surface area (TPSA) is 40.5 Å². The number of halogens is 2. The maximum atomic E-state index is 11.2. The van der Waals surface area contributed by atoms with Gasteiger partial charge in [0.05, 0.1) is 0 Å². The van der Waals surface area contributed by atoms with Crippen molar-refractivity contribution in [1.29, 1.82) is 0 Å². The summed E-state index contributed by atoms with van der Waals surface area (Å²) < 4.78 is 0. The molecule has 0 aliphatic rings. The highest BCUT2D eigenvalue weighted by molar-refractivity contribution is 8.07. The Morgan fingerprint density at radius 3 is 2.09 bits per heavy atom. The Morgan fingerprint density at radius 2 is 1.58 bits per heavy atom. The van der Waals surface area contributed by atoms with Gasteiger partial charge >= 0.3 is 5.97 Å². The average Bonchev–Trinajstić information content (AvgIpc) is 2.80. The molecule has 33 heavy (non-hydrogen) atoms. The molecule has 0 unspecified atom stereocenters. The van der Waals surface area contributed by atoms with Crippen molar-refractivity contribution in [1.82, 2.24) is 4.90 Å². The maximum Gasteiger partial charge on any atom is 0.330 e. The van der Waals surface area contributed by atoms with Crippen LogP contribution in [0.3, 0.4) is 0 Å². The molecular formula is C27H27Cl2NO2S. The van der Waals surface area contributed by atoms with Crippen LogP contribution in [0.2, 0.25) is 10.0 Å². The maximum absolute atomic E-state index is 11.2. The van der Waals surface area contributed by atoms with Crippen molar-refractivity contribution in [2.75, 3.05) is 13.3 Å². The fourth-order valence-electron chi connectivity index (χ4n) is 2.90. The van der Waals surface area contributed by atoms with E-state index in [1.807, 2.05) is 104 Å². The van der Waals surface area contributed by atoms with Crippen LogP contribution in [0.25, 0.3) is 4.91 Å². The van der Waals surface area contributed by atoms with Gasteiger partial charge in [-0.1, -0.05) is 89.9 Å². The molecule has 3 nitrogen and oxygen atoms in total. The Labute approximate surface area is 210 Å². The number of carbonyl (C=O) groups is 1. The first-order chi connectivity index (χ1) is 15.8. The Kier molecular flexibility index (Phi) is 11.1. The highest BCUT2D eigenvalue weighted by Gasteiger charge is 2.08. The summed E-state index contributed by atoms with van der Waals surface area (Å²) in [6, 6.07) is 25.4. The molecule has 0 aliphatic carbocycles. The lowest BCUT2D eigenvalue weighted by molar-refractivity contribution is -0.131. The number of allylic oxidation sites excluding steroid dienone is 1. The number of rotatable bonds is 7. The molecule has 0 atom stereocenters. The summed E-state index contributed by atoms with van der Waals surface area (Å²) in [5, 5.41) is 10.6. The first-order valence-corrected chi connectivity index (χ1v) is 12.2. The van der Waals surface area contributed by atoms with Crippen LogP contribution >= 0.6 is 35.0 Å². The van der Waals surface area contributed by atoms with Gasteiger partial charge in [-0.3, -0.25) is 0 Å². The zero-order valence-electron chi connectivity index (χ0n) is 18.8. The smallest absolute Gasteiger partial charge is 0.330 e. The monoisotopic (exact) mass is 499 g/mol. The summed E-state index contributed by atoms with van der Waals surface area (Å²) in [7, 11) is 1.90. The third-order valence-electron chi connectivity index (χ3n) is 4.67. The molecular weight excluding hydrogens is 473 g/mol. The zero-order chi connectivity index (χ0) is 24.2. The highest BCUT2D eigenvalue weighted by Crippen LogP contribution is 2.27. The van der Waals surface area contributed by atoms with Gasteiger partial charge in [-0.2, -0.15) is 0 Å². The van der Waals surface area contributed by atoms with Crippen LogP contribution < -0.4 is 0 Å². The van der Waals surface area contributed by atoms with Gasteiger partial charge in [0.2, 0.25) is 0 Å². The Bertz CT molecular complexity index is 1100. The van der Waals surface area contributed by atoms with Crippen LogP contribution in [0.4, 0.5) is 0 Å². The summed E-state index contributed by atoms with van der Waals surface area (Å²) in [5.41, 5.74) is 3.94. The molecule has 172 valence electrons. The number of hydrogen-bond acceptors (Lipinski definition) is 3. The first kappa shape index (κ1) is 26.6. The number of hydrogen-bond donors (Lipinski definition) is 1. The number of thioether (sulfide) groups is 1. The SMILES string of the molecule is CS/C(=C\C(=C\C(=O)O)N(C)Cc1ccccc1)c1ccccc1.Cc1ccc(Cl)cc1Cl. The van der Waals surface area contributed by atoms with Gasteiger partial charge in [0, 0.05) is 40.3 Å². The van der Waals surface area contributed by atoms with Crippen LogP contribution in [-0.2, 0) is 11.3 Å². The van der Waals surface area contributed by atoms with Gasteiger partial charge in [-0.15, -0.1) is 11.8 Å². The number of carboxylic acids is 1. The summed E-state index contributed by atoms with van der Waals surface area (Å²) in [6.45, 7) is 2.59. The second kappa shape index (κ2) is 13.8. The minimum Gasteiger partial charge on any atom is -0.478 e. The Hall–Kier alpha value is -2.66. The van der Waals surface area contributed by atoms with E-state index in [2.05, 4.69) is 0 Å².